The molecule has 0 spiro atoms. The molecule has 1 aliphatic rings. The highest BCUT2D eigenvalue weighted by atomic mass is 35.5. The van der Waals surface area contributed by atoms with E-state index < -0.39 is 0 Å². The van der Waals surface area contributed by atoms with Gasteiger partial charge in [0, 0.05) is 18.5 Å². The maximum atomic E-state index is 13.8. The molecule has 0 aromatic heterocycles. The van der Waals surface area contributed by atoms with E-state index in [1.165, 1.54) is 6.07 Å². The fourth-order valence-corrected chi connectivity index (χ4v) is 2.57. The van der Waals surface area contributed by atoms with Crippen molar-refractivity contribution < 1.29 is 9.18 Å². The highest BCUT2D eigenvalue weighted by Crippen LogP contribution is 2.25. The van der Waals surface area contributed by atoms with Crippen molar-refractivity contribution in [3.8, 4) is 0 Å². The Labute approximate surface area is 125 Å². The predicted octanol–water partition coefficient (Wildman–Crippen LogP) is 2.77. The van der Waals surface area contributed by atoms with E-state index >= 15 is 0 Å². The Morgan fingerprint density at radius 2 is 1.95 bits per heavy atom. The molecule has 20 heavy (non-hydrogen) atoms. The lowest BCUT2D eigenvalue weighted by atomic mass is 9.95. The Kier molecular flexibility index (Phi) is 6.43. The molecule has 2 rings (SSSR count). The Balaban J connectivity index is 0.00000200. The third kappa shape index (κ3) is 3.70. The third-order valence-corrected chi connectivity index (χ3v) is 3.97. The van der Waals surface area contributed by atoms with Crippen LogP contribution < -0.4 is 5.32 Å². The first-order valence-electron chi connectivity index (χ1n) is 6.83. The lowest BCUT2D eigenvalue weighted by Crippen LogP contribution is -2.40. The maximum absolute atomic E-state index is 13.8. The van der Waals surface area contributed by atoms with Gasteiger partial charge in [-0.05, 0) is 38.9 Å². The first kappa shape index (κ1) is 16.9. The zero-order valence-electron chi connectivity index (χ0n) is 11.9. The van der Waals surface area contributed by atoms with Crippen LogP contribution in [0.25, 0.3) is 0 Å². The highest BCUT2D eigenvalue weighted by molar-refractivity contribution is 5.85. The van der Waals surface area contributed by atoms with Crippen LogP contribution in [0.5, 0.6) is 0 Å². The number of rotatable bonds is 3. The second kappa shape index (κ2) is 7.60. The van der Waals surface area contributed by atoms with Gasteiger partial charge in [-0.1, -0.05) is 18.2 Å². The number of hydrogen-bond acceptors (Lipinski definition) is 2. The van der Waals surface area contributed by atoms with E-state index in [2.05, 4.69) is 5.32 Å². The van der Waals surface area contributed by atoms with E-state index in [9.17, 15) is 9.18 Å². The van der Waals surface area contributed by atoms with Gasteiger partial charge in [0.25, 0.3) is 0 Å². The van der Waals surface area contributed by atoms with E-state index in [0.717, 1.165) is 25.9 Å². The molecule has 1 aliphatic heterocycles. The van der Waals surface area contributed by atoms with Crippen LogP contribution in [-0.2, 0) is 4.79 Å². The molecule has 1 heterocycles. The van der Waals surface area contributed by atoms with Crippen LogP contribution in [0.4, 0.5) is 4.39 Å². The first-order chi connectivity index (χ1) is 9.11. The molecule has 1 unspecified atom stereocenters. The molecular weight excluding hydrogens is 279 g/mol. The van der Waals surface area contributed by atoms with Gasteiger partial charge in [0.15, 0.2) is 0 Å². The Morgan fingerprint density at radius 1 is 1.35 bits per heavy atom. The van der Waals surface area contributed by atoms with Gasteiger partial charge in [-0.25, -0.2) is 4.39 Å². The van der Waals surface area contributed by atoms with Crippen LogP contribution in [0.3, 0.4) is 0 Å². The Morgan fingerprint density at radius 3 is 2.55 bits per heavy atom. The van der Waals surface area contributed by atoms with E-state index in [1.54, 1.807) is 30.1 Å². The van der Waals surface area contributed by atoms with Gasteiger partial charge in [-0.3, -0.25) is 4.79 Å². The molecule has 0 saturated carbocycles. The quantitative estimate of drug-likeness (QED) is 0.931. The van der Waals surface area contributed by atoms with Crippen molar-refractivity contribution in [2.75, 3.05) is 20.1 Å². The van der Waals surface area contributed by atoms with Gasteiger partial charge in [-0.15, -0.1) is 12.4 Å². The Hall–Kier alpha value is -1.13. The molecule has 5 heteroatoms. The summed E-state index contributed by atoms with van der Waals surface area (Å²) >= 11 is 0. The lowest BCUT2D eigenvalue weighted by molar-refractivity contribution is -0.137. The van der Waals surface area contributed by atoms with Crippen LogP contribution in [0.2, 0.25) is 0 Å². The minimum absolute atomic E-state index is 0. The normalized spacial score (nSPS) is 17.1. The number of amides is 1. The zero-order valence-corrected chi connectivity index (χ0v) is 12.8. The fraction of sp³-hybridized carbons (Fsp3) is 0.533. The summed E-state index contributed by atoms with van der Waals surface area (Å²) in [5, 5.41) is 3.25. The standard InChI is InChI=1S/C15H21FN2O.ClH/c1-11(13-5-3-4-6-14(13)16)18(2)15(19)12-7-9-17-10-8-12;/h3-6,11-12,17H,7-10H2,1-2H3;1H. The minimum Gasteiger partial charge on any atom is -0.339 e. The molecule has 1 fully saturated rings. The summed E-state index contributed by atoms with van der Waals surface area (Å²) in [4.78, 5) is 14.1. The van der Waals surface area contributed by atoms with Gasteiger partial charge in [-0.2, -0.15) is 0 Å². The second-order valence-electron chi connectivity index (χ2n) is 5.17. The summed E-state index contributed by atoms with van der Waals surface area (Å²) in [6.07, 6.45) is 1.74. The topological polar surface area (TPSA) is 32.3 Å². The predicted molar refractivity (Wildman–Crippen MR) is 80.4 cm³/mol. The summed E-state index contributed by atoms with van der Waals surface area (Å²) in [6.45, 7) is 3.65. The summed E-state index contributed by atoms with van der Waals surface area (Å²) < 4.78 is 13.8. The molecule has 3 nitrogen and oxygen atoms in total. The van der Waals surface area contributed by atoms with Crippen LogP contribution in [0, 0.1) is 11.7 Å². The van der Waals surface area contributed by atoms with Crippen LogP contribution in [0.1, 0.15) is 31.4 Å². The van der Waals surface area contributed by atoms with Crippen LogP contribution in [-0.4, -0.2) is 30.9 Å². The lowest BCUT2D eigenvalue weighted by Gasteiger charge is -2.31. The first-order valence-corrected chi connectivity index (χ1v) is 6.83. The van der Waals surface area contributed by atoms with Gasteiger partial charge < -0.3 is 10.2 Å². The molecule has 1 N–H and O–H groups in total. The molecular formula is C15H22ClFN2O. The van der Waals surface area contributed by atoms with Gasteiger partial charge in [0.2, 0.25) is 5.91 Å². The molecule has 0 bridgehead atoms. The van der Waals surface area contributed by atoms with Gasteiger partial charge in [0.05, 0.1) is 6.04 Å². The summed E-state index contributed by atoms with van der Waals surface area (Å²) in [6, 6.07) is 6.42. The van der Waals surface area contributed by atoms with Crippen LogP contribution in [0.15, 0.2) is 24.3 Å². The average molecular weight is 301 g/mol. The van der Waals surface area contributed by atoms with E-state index in [-0.39, 0.29) is 36.1 Å². The van der Waals surface area contributed by atoms with Crippen molar-refractivity contribution >= 4 is 18.3 Å². The van der Waals surface area contributed by atoms with Gasteiger partial charge >= 0.3 is 0 Å². The van der Waals surface area contributed by atoms with Crippen molar-refractivity contribution in [1.82, 2.24) is 10.2 Å². The van der Waals surface area contributed by atoms with Gasteiger partial charge in [0.1, 0.15) is 5.82 Å². The molecule has 1 atom stereocenters. The average Bonchev–Trinajstić information content (AvgIpc) is 2.46. The molecule has 112 valence electrons. The summed E-state index contributed by atoms with van der Waals surface area (Å²) in [7, 11) is 1.77. The SMILES string of the molecule is CC(c1ccccc1F)N(C)C(=O)C1CCNCC1.Cl. The van der Waals surface area contributed by atoms with Crippen molar-refractivity contribution in [3.05, 3.63) is 35.6 Å². The maximum Gasteiger partial charge on any atom is 0.226 e. The molecule has 0 aliphatic carbocycles. The monoisotopic (exact) mass is 300 g/mol. The molecule has 1 aromatic rings. The highest BCUT2D eigenvalue weighted by Gasteiger charge is 2.27. The Bertz CT molecular complexity index is 449. The molecule has 1 amide bonds. The van der Waals surface area contributed by atoms with E-state index in [0.29, 0.717) is 5.56 Å². The third-order valence-electron chi connectivity index (χ3n) is 3.97. The van der Waals surface area contributed by atoms with Crippen molar-refractivity contribution in [2.24, 2.45) is 5.92 Å². The summed E-state index contributed by atoms with van der Waals surface area (Å²) in [5.41, 5.74) is 0.576. The van der Waals surface area contributed by atoms with Crippen LogP contribution >= 0.6 is 12.4 Å². The number of benzene rings is 1. The summed E-state index contributed by atoms with van der Waals surface area (Å²) in [5.74, 6) is -0.0577. The van der Waals surface area contributed by atoms with Crippen molar-refractivity contribution in [2.45, 2.75) is 25.8 Å². The van der Waals surface area contributed by atoms with Crippen molar-refractivity contribution in [3.63, 3.8) is 0 Å². The molecule has 0 radical (unpaired) electrons. The number of piperidine rings is 1. The second-order valence-corrected chi connectivity index (χ2v) is 5.17. The van der Waals surface area contributed by atoms with E-state index in [4.69, 9.17) is 0 Å². The number of nitrogens with one attached hydrogen (secondary N) is 1. The largest absolute Gasteiger partial charge is 0.339 e. The number of nitrogens with zero attached hydrogens (tertiary/aromatic N) is 1. The number of carbonyl (C=O) groups excluding carboxylic acids is 1. The smallest absolute Gasteiger partial charge is 0.226 e. The molecule has 1 aromatic carbocycles. The van der Waals surface area contributed by atoms with E-state index in [1.807, 2.05) is 6.92 Å². The minimum atomic E-state index is -0.250. The number of halogens is 2. The zero-order chi connectivity index (χ0) is 13.8. The number of hydrogen-bond donors (Lipinski definition) is 1. The number of carbonyl (C=O) groups is 1. The van der Waals surface area contributed by atoms with Crippen molar-refractivity contribution in [1.29, 1.82) is 0 Å². The molecule has 1 saturated heterocycles. The fourth-order valence-electron chi connectivity index (χ4n) is 2.57.